The number of hydrogen-bond donors (Lipinski definition) is 0. The lowest BCUT2D eigenvalue weighted by Crippen LogP contribution is -2.47. The second-order valence-electron chi connectivity index (χ2n) is 6.88. The molecule has 0 bridgehead atoms. The number of thioether (sulfide) groups is 1. The van der Waals surface area contributed by atoms with Crippen LogP contribution in [0.1, 0.15) is 52.4 Å². The van der Waals surface area contributed by atoms with Crippen LogP contribution < -0.4 is 0 Å². The molecule has 1 saturated carbocycles. The van der Waals surface area contributed by atoms with Gasteiger partial charge in [0.05, 0.1) is 6.61 Å². The molecule has 1 aromatic rings. The topological polar surface area (TPSA) is 35.5 Å². The van der Waals surface area contributed by atoms with E-state index in [0.29, 0.717) is 27.7 Å². The fourth-order valence-corrected chi connectivity index (χ4v) is 6.32. The number of carbonyl (C=O) groups is 1. The van der Waals surface area contributed by atoms with Crippen molar-refractivity contribution in [3.63, 3.8) is 0 Å². The maximum atomic E-state index is 12.8. The number of esters is 1. The van der Waals surface area contributed by atoms with Gasteiger partial charge in [0, 0.05) is 23.2 Å². The summed E-state index contributed by atoms with van der Waals surface area (Å²) in [4.78, 5) is 14.1. The van der Waals surface area contributed by atoms with Gasteiger partial charge in [-0.3, -0.25) is 0 Å². The summed E-state index contributed by atoms with van der Waals surface area (Å²) in [5.74, 6) is 0.441. The molecule has 3 nitrogen and oxygen atoms in total. The maximum Gasteiger partial charge on any atom is 0.338 e. The molecule has 0 spiro atoms. The van der Waals surface area contributed by atoms with Crippen molar-refractivity contribution in [2.75, 3.05) is 24.9 Å². The molecule has 0 aromatic heterocycles. The zero-order chi connectivity index (χ0) is 18.7. The van der Waals surface area contributed by atoms with Gasteiger partial charge < -0.3 is 9.47 Å². The Labute approximate surface area is 164 Å². The molecule has 1 aliphatic rings. The fourth-order valence-electron chi connectivity index (χ4n) is 3.70. The molecule has 1 fully saturated rings. The molecule has 0 aliphatic heterocycles. The second kappa shape index (κ2) is 12.0. The van der Waals surface area contributed by atoms with Crippen LogP contribution in [-0.2, 0) is 14.3 Å². The summed E-state index contributed by atoms with van der Waals surface area (Å²) >= 11 is 1.86. The summed E-state index contributed by atoms with van der Waals surface area (Å²) in [5, 5.41) is 0. The normalized spacial score (nSPS) is 18.1. The Kier molecular flexibility index (Phi) is 10.0. The van der Waals surface area contributed by atoms with Gasteiger partial charge in [-0.05, 0) is 38.3 Å². The lowest BCUT2D eigenvalue weighted by atomic mass is 9.81. The molecule has 2 unspecified atom stereocenters. The lowest BCUT2D eigenvalue weighted by molar-refractivity contribution is -0.171. The summed E-state index contributed by atoms with van der Waals surface area (Å²) in [6.07, 6.45) is 7.92. The number of hydrogen-bond acceptors (Lipinski definition) is 4. The van der Waals surface area contributed by atoms with Crippen LogP contribution in [0.15, 0.2) is 35.2 Å². The minimum absolute atomic E-state index is 0.148. The Morgan fingerprint density at radius 2 is 1.88 bits per heavy atom. The van der Waals surface area contributed by atoms with E-state index in [2.05, 4.69) is 24.3 Å². The van der Waals surface area contributed by atoms with Gasteiger partial charge in [-0.2, -0.15) is 0 Å². The van der Waals surface area contributed by atoms with Crippen molar-refractivity contribution in [2.24, 2.45) is 5.92 Å². The van der Waals surface area contributed by atoms with E-state index in [0.717, 1.165) is 18.1 Å². The first kappa shape index (κ1) is 21.7. The average molecular weight is 397 g/mol. The van der Waals surface area contributed by atoms with E-state index in [1.165, 1.54) is 37.0 Å². The van der Waals surface area contributed by atoms with Crippen molar-refractivity contribution in [1.29, 1.82) is 0 Å². The van der Waals surface area contributed by atoms with Gasteiger partial charge in [0.25, 0.3) is 0 Å². The van der Waals surface area contributed by atoms with Crippen molar-refractivity contribution in [2.45, 2.75) is 62.9 Å². The molecule has 0 radical (unpaired) electrons. The molecular weight excluding hydrogens is 363 g/mol. The summed E-state index contributed by atoms with van der Waals surface area (Å²) in [6.45, 7) is 4.83. The molecule has 1 aromatic carbocycles. The standard InChI is InChI=1S/C21H33O3PS/c1-3-23-20(22)21(24-4-2,15-18-11-7-5-8-12-18)16-25-17-26-19-13-9-6-10-14-19/h6,9-10,13-14,18,25H,3-5,7-8,11-12,15-17H2,1-2H3. The highest BCUT2D eigenvalue weighted by Gasteiger charge is 2.42. The molecule has 0 heterocycles. The van der Waals surface area contributed by atoms with E-state index < -0.39 is 5.60 Å². The number of carbonyl (C=O) groups excluding carboxylic acids is 1. The predicted octanol–water partition coefficient (Wildman–Crippen LogP) is 5.72. The van der Waals surface area contributed by atoms with Crippen LogP contribution in [-0.4, -0.2) is 36.4 Å². The van der Waals surface area contributed by atoms with Gasteiger partial charge in [0.1, 0.15) is 0 Å². The molecule has 1 aliphatic carbocycles. The van der Waals surface area contributed by atoms with Crippen LogP contribution in [0.4, 0.5) is 0 Å². The molecule has 26 heavy (non-hydrogen) atoms. The van der Waals surface area contributed by atoms with E-state index >= 15 is 0 Å². The minimum Gasteiger partial charge on any atom is -0.464 e. The molecule has 2 atom stereocenters. The van der Waals surface area contributed by atoms with E-state index in [1.807, 2.05) is 31.7 Å². The Bertz CT molecular complexity index is 519. The van der Waals surface area contributed by atoms with E-state index in [9.17, 15) is 4.79 Å². The second-order valence-corrected chi connectivity index (χ2v) is 9.65. The van der Waals surface area contributed by atoms with Crippen molar-refractivity contribution in [3.8, 4) is 0 Å². The number of benzene rings is 1. The van der Waals surface area contributed by atoms with Crippen molar-refractivity contribution < 1.29 is 14.3 Å². The van der Waals surface area contributed by atoms with Gasteiger partial charge in [0.2, 0.25) is 0 Å². The minimum atomic E-state index is -0.748. The predicted molar refractivity (Wildman–Crippen MR) is 113 cm³/mol. The van der Waals surface area contributed by atoms with Crippen LogP contribution in [0.25, 0.3) is 0 Å². The molecule has 0 saturated heterocycles. The third-order valence-electron chi connectivity index (χ3n) is 4.91. The first-order chi connectivity index (χ1) is 12.7. The van der Waals surface area contributed by atoms with Crippen LogP contribution in [0.2, 0.25) is 0 Å². The molecule has 0 N–H and O–H groups in total. The first-order valence-electron chi connectivity index (χ1n) is 9.90. The van der Waals surface area contributed by atoms with Gasteiger partial charge in [-0.1, -0.05) is 50.3 Å². The highest BCUT2D eigenvalue weighted by Crippen LogP contribution is 2.38. The van der Waals surface area contributed by atoms with Gasteiger partial charge in [-0.15, -0.1) is 20.3 Å². The highest BCUT2D eigenvalue weighted by molar-refractivity contribution is 8.03. The highest BCUT2D eigenvalue weighted by atomic mass is 32.2. The first-order valence-corrected chi connectivity index (χ1v) is 12.3. The lowest BCUT2D eigenvalue weighted by Gasteiger charge is -2.35. The Morgan fingerprint density at radius 3 is 2.54 bits per heavy atom. The third-order valence-corrected chi connectivity index (χ3v) is 7.73. The molecular formula is C21H33O3PS. The SMILES string of the molecule is CCOC(=O)C(CPCSc1ccccc1)(CC1CCCCC1)OCC. The summed E-state index contributed by atoms with van der Waals surface area (Å²) in [6, 6.07) is 10.4. The van der Waals surface area contributed by atoms with E-state index in [1.54, 1.807) is 0 Å². The number of rotatable bonds is 11. The van der Waals surface area contributed by atoms with Gasteiger partial charge in [0.15, 0.2) is 5.60 Å². The van der Waals surface area contributed by atoms with Crippen LogP contribution in [0.3, 0.4) is 0 Å². The van der Waals surface area contributed by atoms with Crippen molar-refractivity contribution in [3.05, 3.63) is 30.3 Å². The zero-order valence-corrected chi connectivity index (χ0v) is 18.0. The quantitative estimate of drug-likeness (QED) is 0.207. The Morgan fingerprint density at radius 1 is 1.15 bits per heavy atom. The van der Waals surface area contributed by atoms with Gasteiger partial charge in [-0.25, -0.2) is 4.79 Å². The van der Waals surface area contributed by atoms with Crippen LogP contribution >= 0.6 is 20.3 Å². The molecule has 0 amide bonds. The van der Waals surface area contributed by atoms with Crippen molar-refractivity contribution >= 4 is 26.3 Å². The average Bonchev–Trinajstić information content (AvgIpc) is 2.67. The summed E-state index contributed by atoms with van der Waals surface area (Å²) in [7, 11) is 0.674. The van der Waals surface area contributed by atoms with E-state index in [4.69, 9.17) is 9.47 Å². The Balaban J connectivity index is 1.98. The molecule has 2 rings (SSSR count). The van der Waals surface area contributed by atoms with E-state index in [-0.39, 0.29) is 5.97 Å². The Hall–Kier alpha value is -0.570. The smallest absolute Gasteiger partial charge is 0.338 e. The summed E-state index contributed by atoms with van der Waals surface area (Å²) in [5.41, 5.74) is 0.269. The monoisotopic (exact) mass is 396 g/mol. The number of ether oxygens (including phenoxy) is 2. The summed E-state index contributed by atoms with van der Waals surface area (Å²) < 4.78 is 11.6. The molecule has 5 heteroatoms. The maximum absolute atomic E-state index is 12.8. The van der Waals surface area contributed by atoms with Crippen molar-refractivity contribution in [1.82, 2.24) is 0 Å². The van der Waals surface area contributed by atoms with Crippen LogP contribution in [0.5, 0.6) is 0 Å². The zero-order valence-electron chi connectivity index (χ0n) is 16.2. The van der Waals surface area contributed by atoms with Crippen LogP contribution in [0, 0.1) is 5.92 Å². The third kappa shape index (κ3) is 6.87. The fraction of sp³-hybridized carbons (Fsp3) is 0.667. The van der Waals surface area contributed by atoms with Gasteiger partial charge >= 0.3 is 5.97 Å². The molecule has 146 valence electrons. The largest absolute Gasteiger partial charge is 0.464 e.